The smallest absolute Gasteiger partial charge is 0.187 e. The van der Waals surface area contributed by atoms with E-state index in [1.54, 1.807) is 30.2 Å². The fraction of sp³-hybridized carbons (Fsp3) is 0.333. The molecule has 0 aliphatic rings. The molecule has 0 amide bonds. The Bertz CT molecular complexity index is 180. The molecule has 0 saturated carbocycles. The summed E-state index contributed by atoms with van der Waals surface area (Å²) >= 11 is 7.04. The summed E-state index contributed by atoms with van der Waals surface area (Å²) in [5.74, 6) is 1.51. The Labute approximate surface area is 69.0 Å². The molecule has 0 saturated heterocycles. The Morgan fingerprint density at radius 2 is 2.10 bits per heavy atom. The first-order valence-corrected chi connectivity index (χ1v) is 4.41. The van der Waals surface area contributed by atoms with Crippen molar-refractivity contribution in [2.45, 2.75) is 5.16 Å². The summed E-state index contributed by atoms with van der Waals surface area (Å²) < 4.78 is 0. The van der Waals surface area contributed by atoms with Crippen molar-refractivity contribution >= 4 is 23.4 Å². The first-order valence-electron chi connectivity index (χ1n) is 2.89. The number of alkyl halides is 1. The molecule has 54 valence electrons. The summed E-state index contributed by atoms with van der Waals surface area (Å²) in [6.07, 6.45) is 3.45. The lowest BCUT2D eigenvalue weighted by Gasteiger charge is -1.93. The molecule has 0 N–H and O–H groups in total. The van der Waals surface area contributed by atoms with Crippen molar-refractivity contribution in [2.24, 2.45) is 0 Å². The third kappa shape index (κ3) is 2.54. The highest BCUT2D eigenvalue weighted by atomic mass is 35.5. The van der Waals surface area contributed by atoms with Crippen LogP contribution in [-0.4, -0.2) is 21.6 Å². The van der Waals surface area contributed by atoms with Crippen LogP contribution in [0.15, 0.2) is 23.6 Å². The minimum atomic E-state index is 0.642. The summed E-state index contributed by atoms with van der Waals surface area (Å²) in [5.41, 5.74) is 0. The molecule has 0 unspecified atom stereocenters. The number of thioether (sulfide) groups is 1. The second-order valence-electron chi connectivity index (χ2n) is 1.57. The summed E-state index contributed by atoms with van der Waals surface area (Å²) in [6, 6.07) is 1.80. The van der Waals surface area contributed by atoms with Gasteiger partial charge in [-0.15, -0.1) is 11.6 Å². The summed E-state index contributed by atoms with van der Waals surface area (Å²) in [5, 5.41) is 0.795. The number of nitrogens with zero attached hydrogens (tertiary/aromatic N) is 2. The second kappa shape index (κ2) is 4.52. The maximum Gasteiger partial charge on any atom is 0.187 e. The first-order chi connectivity index (χ1) is 4.93. The van der Waals surface area contributed by atoms with Crippen LogP contribution >= 0.6 is 23.4 Å². The predicted octanol–water partition coefficient (Wildman–Crippen LogP) is 1.81. The molecule has 1 aromatic rings. The van der Waals surface area contributed by atoms with E-state index in [-0.39, 0.29) is 0 Å². The van der Waals surface area contributed by atoms with Crippen LogP contribution in [0.25, 0.3) is 0 Å². The molecule has 0 radical (unpaired) electrons. The monoisotopic (exact) mass is 174 g/mol. The fourth-order valence-corrected chi connectivity index (χ4v) is 1.25. The van der Waals surface area contributed by atoms with E-state index >= 15 is 0 Å². The van der Waals surface area contributed by atoms with Gasteiger partial charge in [-0.05, 0) is 6.07 Å². The average molecular weight is 175 g/mol. The van der Waals surface area contributed by atoms with Crippen LogP contribution in [0.5, 0.6) is 0 Å². The van der Waals surface area contributed by atoms with E-state index < -0.39 is 0 Å². The molecule has 0 bridgehead atoms. The van der Waals surface area contributed by atoms with E-state index in [1.807, 2.05) is 0 Å². The van der Waals surface area contributed by atoms with Crippen molar-refractivity contribution in [1.29, 1.82) is 0 Å². The topological polar surface area (TPSA) is 25.8 Å². The number of hydrogen-bond acceptors (Lipinski definition) is 3. The molecule has 0 aromatic carbocycles. The van der Waals surface area contributed by atoms with Gasteiger partial charge in [0.25, 0.3) is 0 Å². The van der Waals surface area contributed by atoms with Crippen LogP contribution in [0.3, 0.4) is 0 Å². The molecule has 10 heavy (non-hydrogen) atoms. The van der Waals surface area contributed by atoms with Gasteiger partial charge in [-0.3, -0.25) is 0 Å². The highest BCUT2D eigenvalue weighted by Crippen LogP contribution is 2.09. The molecular weight excluding hydrogens is 168 g/mol. The van der Waals surface area contributed by atoms with Crippen LogP contribution in [-0.2, 0) is 0 Å². The minimum Gasteiger partial charge on any atom is -0.231 e. The lowest BCUT2D eigenvalue weighted by atomic mass is 10.7. The molecular formula is C6H7ClN2S. The van der Waals surface area contributed by atoms with Gasteiger partial charge in [0.05, 0.1) is 0 Å². The zero-order valence-corrected chi connectivity index (χ0v) is 6.90. The van der Waals surface area contributed by atoms with E-state index in [2.05, 4.69) is 9.97 Å². The van der Waals surface area contributed by atoms with E-state index in [9.17, 15) is 0 Å². The Morgan fingerprint density at radius 3 is 2.70 bits per heavy atom. The second-order valence-corrected chi connectivity index (χ2v) is 3.01. The zero-order valence-electron chi connectivity index (χ0n) is 5.33. The third-order valence-electron chi connectivity index (χ3n) is 0.850. The standard InChI is InChI=1S/C6H7ClN2S/c7-2-5-10-6-8-3-1-4-9-6/h1,3-4H,2,5H2. The SMILES string of the molecule is ClCCSc1ncccn1. The van der Waals surface area contributed by atoms with Gasteiger partial charge in [0, 0.05) is 24.0 Å². The predicted molar refractivity (Wildman–Crippen MR) is 43.5 cm³/mol. The third-order valence-corrected chi connectivity index (χ3v) is 2.14. The first kappa shape index (κ1) is 7.82. The van der Waals surface area contributed by atoms with E-state index in [0.29, 0.717) is 5.88 Å². The van der Waals surface area contributed by atoms with Crippen LogP contribution < -0.4 is 0 Å². The molecule has 2 nitrogen and oxygen atoms in total. The van der Waals surface area contributed by atoms with Gasteiger partial charge >= 0.3 is 0 Å². The fourth-order valence-electron chi connectivity index (χ4n) is 0.490. The Morgan fingerprint density at radius 1 is 1.40 bits per heavy atom. The van der Waals surface area contributed by atoms with Crippen molar-refractivity contribution in [2.75, 3.05) is 11.6 Å². The summed E-state index contributed by atoms with van der Waals surface area (Å²) in [4.78, 5) is 8.02. The number of rotatable bonds is 3. The normalized spacial score (nSPS) is 9.70. The molecule has 1 heterocycles. The van der Waals surface area contributed by atoms with Gasteiger partial charge in [-0.1, -0.05) is 11.8 Å². The van der Waals surface area contributed by atoms with Gasteiger partial charge < -0.3 is 0 Å². The molecule has 0 aliphatic carbocycles. The zero-order chi connectivity index (χ0) is 7.23. The quantitative estimate of drug-likeness (QED) is 0.397. The highest BCUT2D eigenvalue weighted by Gasteiger charge is 1.91. The van der Waals surface area contributed by atoms with Crippen LogP contribution in [0.2, 0.25) is 0 Å². The Hall–Kier alpha value is -0.280. The highest BCUT2D eigenvalue weighted by molar-refractivity contribution is 7.99. The van der Waals surface area contributed by atoms with Crippen molar-refractivity contribution < 1.29 is 0 Å². The van der Waals surface area contributed by atoms with E-state index in [1.165, 1.54) is 0 Å². The van der Waals surface area contributed by atoms with Crippen LogP contribution in [0, 0.1) is 0 Å². The molecule has 1 rings (SSSR count). The van der Waals surface area contributed by atoms with Gasteiger partial charge in [0.2, 0.25) is 0 Å². The summed E-state index contributed by atoms with van der Waals surface area (Å²) in [7, 11) is 0. The average Bonchev–Trinajstić information content (AvgIpc) is 2.03. The number of aromatic nitrogens is 2. The lowest BCUT2D eigenvalue weighted by molar-refractivity contribution is 0.968. The molecule has 0 atom stereocenters. The summed E-state index contributed by atoms with van der Waals surface area (Å²) in [6.45, 7) is 0. The molecule has 0 aliphatic heterocycles. The minimum absolute atomic E-state index is 0.642. The molecule has 1 aromatic heterocycles. The van der Waals surface area contributed by atoms with Crippen LogP contribution in [0.1, 0.15) is 0 Å². The Kier molecular flexibility index (Phi) is 3.54. The lowest BCUT2D eigenvalue weighted by Crippen LogP contribution is -1.85. The molecule has 0 spiro atoms. The number of halogens is 1. The van der Waals surface area contributed by atoms with Crippen molar-refractivity contribution in [3.8, 4) is 0 Å². The van der Waals surface area contributed by atoms with Crippen molar-refractivity contribution in [1.82, 2.24) is 9.97 Å². The van der Waals surface area contributed by atoms with Gasteiger partial charge in [0.15, 0.2) is 5.16 Å². The van der Waals surface area contributed by atoms with Crippen molar-refractivity contribution in [3.63, 3.8) is 0 Å². The van der Waals surface area contributed by atoms with Gasteiger partial charge in [-0.2, -0.15) is 0 Å². The van der Waals surface area contributed by atoms with E-state index in [4.69, 9.17) is 11.6 Å². The maximum absolute atomic E-state index is 5.48. The van der Waals surface area contributed by atoms with Gasteiger partial charge in [-0.25, -0.2) is 9.97 Å². The molecule has 0 fully saturated rings. The van der Waals surface area contributed by atoms with Gasteiger partial charge in [0.1, 0.15) is 0 Å². The Balaban J connectivity index is 2.43. The molecule has 4 heteroatoms. The number of hydrogen-bond donors (Lipinski definition) is 0. The largest absolute Gasteiger partial charge is 0.231 e. The van der Waals surface area contributed by atoms with Crippen LogP contribution in [0.4, 0.5) is 0 Å². The van der Waals surface area contributed by atoms with E-state index in [0.717, 1.165) is 10.9 Å². The van der Waals surface area contributed by atoms with Crippen molar-refractivity contribution in [3.05, 3.63) is 18.5 Å². The maximum atomic E-state index is 5.48.